The van der Waals surface area contributed by atoms with Crippen molar-refractivity contribution in [3.05, 3.63) is 52.5 Å². The van der Waals surface area contributed by atoms with Gasteiger partial charge in [0.25, 0.3) is 0 Å². The lowest BCUT2D eigenvalue weighted by atomic mass is 10.2. The summed E-state index contributed by atoms with van der Waals surface area (Å²) < 4.78 is 5.42. The van der Waals surface area contributed by atoms with Gasteiger partial charge in [-0.25, -0.2) is 9.78 Å². The van der Waals surface area contributed by atoms with Crippen LogP contribution in [0.25, 0.3) is 11.4 Å². The summed E-state index contributed by atoms with van der Waals surface area (Å²) in [5, 5.41) is 19.8. The number of hydrogen-bond acceptors (Lipinski definition) is 7. The minimum absolute atomic E-state index is 0.0732. The number of carbonyl (C=O) groups is 2. The van der Waals surface area contributed by atoms with E-state index in [0.29, 0.717) is 27.8 Å². The molecule has 3 rings (SSSR count). The number of aromatic hydroxyl groups is 1. The topological polar surface area (TPSA) is 117 Å². The van der Waals surface area contributed by atoms with Crippen LogP contribution in [0.3, 0.4) is 0 Å². The first-order valence-corrected chi connectivity index (χ1v) is 9.76. The molecule has 0 fully saturated rings. The van der Waals surface area contributed by atoms with Crippen molar-refractivity contribution in [2.24, 2.45) is 0 Å². The van der Waals surface area contributed by atoms with Gasteiger partial charge in [-0.1, -0.05) is 27.7 Å². The van der Waals surface area contributed by atoms with Crippen LogP contribution >= 0.6 is 27.7 Å². The molecule has 3 aromatic rings. The van der Waals surface area contributed by atoms with Gasteiger partial charge in [-0.2, -0.15) is 0 Å². The zero-order valence-corrected chi connectivity index (χ0v) is 17.0. The van der Waals surface area contributed by atoms with E-state index in [1.54, 1.807) is 42.5 Å². The number of phenols is 1. The zero-order chi connectivity index (χ0) is 20.1. The number of phenolic OH excluding ortho intramolecular Hbond substituents is 1. The van der Waals surface area contributed by atoms with E-state index >= 15 is 0 Å². The summed E-state index contributed by atoms with van der Waals surface area (Å²) in [5.74, 6) is -0.109. The van der Waals surface area contributed by atoms with Crippen LogP contribution in [0.1, 0.15) is 10.4 Å². The number of ether oxygens (including phenoxy) is 1. The number of rotatable bonds is 6. The van der Waals surface area contributed by atoms with Crippen molar-refractivity contribution in [2.45, 2.75) is 5.16 Å². The molecule has 0 radical (unpaired) electrons. The van der Waals surface area contributed by atoms with Gasteiger partial charge in [0.15, 0.2) is 5.82 Å². The van der Waals surface area contributed by atoms with Crippen molar-refractivity contribution in [3.63, 3.8) is 0 Å². The molecule has 10 heteroatoms. The van der Waals surface area contributed by atoms with Gasteiger partial charge in [0.05, 0.1) is 24.0 Å². The number of nitrogens with one attached hydrogen (secondary N) is 2. The molecule has 0 spiro atoms. The molecule has 28 heavy (non-hydrogen) atoms. The molecule has 0 unspecified atom stereocenters. The lowest BCUT2D eigenvalue weighted by Gasteiger charge is -2.05. The normalized spacial score (nSPS) is 10.5. The first-order chi connectivity index (χ1) is 13.5. The van der Waals surface area contributed by atoms with Crippen LogP contribution in [0, 0.1) is 0 Å². The molecule has 1 aromatic heterocycles. The van der Waals surface area contributed by atoms with Gasteiger partial charge in [0, 0.05) is 10.2 Å². The fraction of sp³-hybridized carbons (Fsp3) is 0.111. The molecule has 0 bridgehead atoms. The molecule has 0 saturated carbocycles. The molecule has 1 amide bonds. The maximum absolute atomic E-state index is 12.1. The molecular formula is C18H15BrN4O4S. The van der Waals surface area contributed by atoms with E-state index in [9.17, 15) is 14.7 Å². The van der Waals surface area contributed by atoms with E-state index in [-0.39, 0.29) is 17.4 Å². The third-order valence-corrected chi connectivity index (χ3v) is 4.94. The number of amides is 1. The Morgan fingerprint density at radius 1 is 1.25 bits per heavy atom. The first kappa shape index (κ1) is 19.9. The Bertz CT molecular complexity index is 1010. The number of anilines is 1. The number of thioether (sulfide) groups is 1. The number of esters is 1. The first-order valence-electron chi connectivity index (χ1n) is 7.98. The molecule has 0 aliphatic heterocycles. The summed E-state index contributed by atoms with van der Waals surface area (Å²) in [5.41, 5.74) is 1.47. The van der Waals surface area contributed by atoms with Crippen LogP contribution in [-0.2, 0) is 9.53 Å². The monoisotopic (exact) mass is 462 g/mol. The number of methoxy groups -OCH3 is 1. The van der Waals surface area contributed by atoms with Gasteiger partial charge in [-0.3, -0.25) is 9.89 Å². The van der Waals surface area contributed by atoms with Crippen molar-refractivity contribution in [2.75, 3.05) is 18.2 Å². The second-order valence-corrected chi connectivity index (χ2v) is 7.39. The van der Waals surface area contributed by atoms with Crippen LogP contribution in [0.2, 0.25) is 0 Å². The van der Waals surface area contributed by atoms with E-state index in [1.165, 1.54) is 7.11 Å². The molecule has 0 aliphatic carbocycles. The Morgan fingerprint density at radius 2 is 2.00 bits per heavy atom. The van der Waals surface area contributed by atoms with E-state index < -0.39 is 5.97 Å². The Morgan fingerprint density at radius 3 is 2.71 bits per heavy atom. The van der Waals surface area contributed by atoms with Gasteiger partial charge in [0.2, 0.25) is 11.1 Å². The second kappa shape index (κ2) is 8.89. The number of aromatic amines is 1. The molecule has 0 atom stereocenters. The molecule has 0 aliphatic rings. The Balaban J connectivity index is 1.57. The highest BCUT2D eigenvalue weighted by atomic mass is 79.9. The Hall–Kier alpha value is -2.85. The highest BCUT2D eigenvalue weighted by Gasteiger charge is 2.13. The summed E-state index contributed by atoms with van der Waals surface area (Å²) in [6.45, 7) is 0. The average molecular weight is 463 g/mol. The number of carbonyl (C=O) groups excluding carboxylic acids is 2. The van der Waals surface area contributed by atoms with Crippen LogP contribution < -0.4 is 5.32 Å². The molecule has 2 aromatic carbocycles. The van der Waals surface area contributed by atoms with E-state index in [0.717, 1.165) is 16.2 Å². The van der Waals surface area contributed by atoms with Crippen LogP contribution in [0.5, 0.6) is 5.75 Å². The predicted octanol–water partition coefficient (Wildman–Crippen LogP) is 3.46. The number of benzene rings is 2. The molecular weight excluding hydrogens is 448 g/mol. The van der Waals surface area contributed by atoms with Crippen LogP contribution in [0.15, 0.2) is 52.1 Å². The number of nitrogens with zero attached hydrogens (tertiary/aromatic N) is 2. The number of aromatic nitrogens is 3. The summed E-state index contributed by atoms with van der Waals surface area (Å²) in [4.78, 5) is 27.8. The van der Waals surface area contributed by atoms with Crippen LogP contribution in [-0.4, -0.2) is 45.0 Å². The zero-order valence-electron chi connectivity index (χ0n) is 14.6. The highest BCUT2D eigenvalue weighted by molar-refractivity contribution is 9.10. The van der Waals surface area contributed by atoms with Gasteiger partial charge in [-0.05, 0) is 42.5 Å². The van der Waals surface area contributed by atoms with Crippen molar-refractivity contribution in [1.29, 1.82) is 0 Å². The maximum Gasteiger partial charge on any atom is 0.337 e. The molecule has 8 nitrogen and oxygen atoms in total. The minimum Gasteiger partial charge on any atom is -0.507 e. The Labute approximate surface area is 172 Å². The van der Waals surface area contributed by atoms with Gasteiger partial charge in [-0.15, -0.1) is 5.10 Å². The van der Waals surface area contributed by atoms with E-state index in [2.05, 4.69) is 41.2 Å². The highest BCUT2D eigenvalue weighted by Crippen LogP contribution is 2.30. The Kier molecular flexibility index (Phi) is 6.32. The summed E-state index contributed by atoms with van der Waals surface area (Å²) in [7, 11) is 1.31. The molecule has 3 N–H and O–H groups in total. The minimum atomic E-state index is -0.440. The van der Waals surface area contributed by atoms with Gasteiger partial charge in [0.1, 0.15) is 5.75 Å². The van der Waals surface area contributed by atoms with Gasteiger partial charge < -0.3 is 15.2 Å². The van der Waals surface area contributed by atoms with E-state index in [1.807, 2.05) is 0 Å². The number of hydrogen-bond donors (Lipinski definition) is 3. The summed E-state index contributed by atoms with van der Waals surface area (Å²) in [6.07, 6.45) is 0. The third-order valence-electron chi connectivity index (χ3n) is 3.60. The van der Waals surface area contributed by atoms with Crippen molar-refractivity contribution in [1.82, 2.24) is 15.2 Å². The molecule has 1 heterocycles. The third kappa shape index (κ3) is 4.90. The average Bonchev–Trinajstić information content (AvgIpc) is 3.17. The van der Waals surface area contributed by atoms with Crippen molar-refractivity contribution < 1.29 is 19.4 Å². The second-order valence-electron chi connectivity index (χ2n) is 5.53. The standard InChI is InChI=1S/C18H15BrN4O4S/c1-27-17(26)10-2-5-12(6-3-10)20-15(25)9-28-18-21-16(22-23-18)13-8-11(19)4-7-14(13)24/h2-8,24H,9H2,1H3,(H,20,25)(H,21,22,23). The number of halogens is 1. The lowest BCUT2D eigenvalue weighted by molar-refractivity contribution is -0.113. The van der Waals surface area contributed by atoms with Crippen LogP contribution in [0.4, 0.5) is 5.69 Å². The molecule has 144 valence electrons. The number of H-pyrrole nitrogens is 1. The fourth-order valence-electron chi connectivity index (χ4n) is 2.26. The summed E-state index contributed by atoms with van der Waals surface area (Å²) in [6, 6.07) is 11.4. The molecule has 0 saturated heterocycles. The fourth-order valence-corrected chi connectivity index (χ4v) is 3.22. The maximum atomic E-state index is 12.1. The SMILES string of the molecule is COC(=O)c1ccc(NC(=O)CSc2n[nH]c(-c3cc(Br)ccc3O)n2)cc1. The largest absolute Gasteiger partial charge is 0.507 e. The van der Waals surface area contributed by atoms with E-state index in [4.69, 9.17) is 0 Å². The van der Waals surface area contributed by atoms with Gasteiger partial charge >= 0.3 is 5.97 Å². The predicted molar refractivity (Wildman–Crippen MR) is 108 cm³/mol. The van der Waals surface area contributed by atoms with Crippen molar-refractivity contribution in [3.8, 4) is 17.1 Å². The van der Waals surface area contributed by atoms with Crippen molar-refractivity contribution >= 4 is 45.3 Å². The smallest absolute Gasteiger partial charge is 0.337 e. The quantitative estimate of drug-likeness (QED) is 0.379. The lowest BCUT2D eigenvalue weighted by Crippen LogP contribution is -2.14. The summed E-state index contributed by atoms with van der Waals surface area (Å²) >= 11 is 4.49.